The molecule has 4 atom stereocenters. The Bertz CT molecular complexity index is 1120. The van der Waals surface area contributed by atoms with Gasteiger partial charge in [-0.05, 0) is 36.1 Å². The summed E-state index contributed by atoms with van der Waals surface area (Å²) in [5, 5.41) is 11.1. The van der Waals surface area contributed by atoms with Gasteiger partial charge in [-0.2, -0.15) is 0 Å². The number of carbonyl (C=O) groups excluding carboxylic acids is 2. The number of nitro benzene ring substituents is 1. The van der Waals surface area contributed by atoms with E-state index in [1.165, 1.54) is 24.3 Å². The third-order valence-electron chi connectivity index (χ3n) is 6.96. The minimum atomic E-state index is -0.474. The highest BCUT2D eigenvalue weighted by Crippen LogP contribution is 2.52. The molecule has 0 spiro atoms. The fourth-order valence-corrected chi connectivity index (χ4v) is 5.52. The predicted octanol–water partition coefficient (Wildman–Crippen LogP) is 5.52. The molecule has 3 aromatic rings. The van der Waals surface area contributed by atoms with Crippen LogP contribution in [-0.2, 0) is 4.79 Å². The van der Waals surface area contributed by atoms with Crippen LogP contribution in [0, 0.1) is 22.0 Å². The van der Waals surface area contributed by atoms with Crippen LogP contribution in [0.3, 0.4) is 0 Å². The summed E-state index contributed by atoms with van der Waals surface area (Å²) in [4.78, 5) is 40.1. The predicted molar refractivity (Wildman–Crippen MR) is 123 cm³/mol. The maximum Gasteiger partial charge on any atom is 0.269 e. The second kappa shape index (κ2) is 8.62. The van der Waals surface area contributed by atoms with E-state index in [0.717, 1.165) is 30.4 Å². The summed E-state index contributed by atoms with van der Waals surface area (Å²) in [7, 11) is 0. The van der Waals surface area contributed by atoms with Crippen molar-refractivity contribution in [1.82, 2.24) is 4.90 Å². The molecule has 0 N–H and O–H groups in total. The molecule has 2 aliphatic rings. The highest BCUT2D eigenvalue weighted by atomic mass is 16.6. The van der Waals surface area contributed by atoms with Crippen LogP contribution in [0.1, 0.15) is 52.8 Å². The smallest absolute Gasteiger partial charge is 0.269 e. The number of nitro groups is 1. The molecule has 166 valence electrons. The summed E-state index contributed by atoms with van der Waals surface area (Å²) in [5.74, 6) is -0.491. The molecule has 1 aliphatic carbocycles. The quantitative estimate of drug-likeness (QED) is 0.395. The second-order valence-electron chi connectivity index (χ2n) is 8.77. The summed E-state index contributed by atoms with van der Waals surface area (Å²) in [6.07, 6.45) is 2.45. The summed E-state index contributed by atoms with van der Waals surface area (Å²) in [6, 6.07) is 24.5. The Balaban J connectivity index is 1.67. The van der Waals surface area contributed by atoms with Crippen molar-refractivity contribution in [2.45, 2.75) is 31.3 Å². The third kappa shape index (κ3) is 3.71. The number of benzene rings is 3. The van der Waals surface area contributed by atoms with Crippen LogP contribution in [0.4, 0.5) is 5.69 Å². The van der Waals surface area contributed by atoms with E-state index in [4.69, 9.17) is 0 Å². The molecule has 1 aliphatic heterocycles. The molecule has 1 saturated heterocycles. The van der Waals surface area contributed by atoms with Crippen molar-refractivity contribution < 1.29 is 14.5 Å². The lowest BCUT2D eigenvalue weighted by molar-refractivity contribution is -0.384. The van der Waals surface area contributed by atoms with Crippen LogP contribution < -0.4 is 0 Å². The zero-order valence-corrected chi connectivity index (χ0v) is 18.0. The van der Waals surface area contributed by atoms with Crippen LogP contribution in [0.5, 0.6) is 0 Å². The topological polar surface area (TPSA) is 80.5 Å². The normalized spacial score (nSPS) is 24.4. The first-order valence-corrected chi connectivity index (χ1v) is 11.3. The maximum absolute atomic E-state index is 14.0. The lowest BCUT2D eigenvalue weighted by atomic mass is 9.66. The molecule has 0 radical (unpaired) electrons. The summed E-state index contributed by atoms with van der Waals surface area (Å²) in [5.41, 5.74) is 2.20. The van der Waals surface area contributed by atoms with Crippen molar-refractivity contribution in [1.29, 1.82) is 0 Å². The van der Waals surface area contributed by atoms with Crippen molar-refractivity contribution in [3.05, 3.63) is 112 Å². The average Bonchev–Trinajstić information content (AvgIpc) is 2.85. The summed E-state index contributed by atoms with van der Waals surface area (Å²) >= 11 is 0. The maximum atomic E-state index is 14.0. The number of fused-ring (bicyclic) bond motifs is 2. The molecule has 4 unspecified atom stereocenters. The van der Waals surface area contributed by atoms with Gasteiger partial charge in [-0.1, -0.05) is 67.1 Å². The molecular weight excluding hydrogens is 416 g/mol. The van der Waals surface area contributed by atoms with E-state index in [1.54, 1.807) is 0 Å². The van der Waals surface area contributed by atoms with Gasteiger partial charge >= 0.3 is 0 Å². The van der Waals surface area contributed by atoms with Crippen LogP contribution in [0.15, 0.2) is 84.9 Å². The highest BCUT2D eigenvalue weighted by Gasteiger charge is 2.52. The SMILES string of the molecule is O=C1C2CCCC1C(c1ccccc1)N(C(=O)c1ccc([N+](=O)[O-])cc1)C2c1ccccc1. The number of hydrogen-bond acceptors (Lipinski definition) is 4. The number of nitrogens with zero attached hydrogens (tertiary/aromatic N) is 2. The molecule has 5 rings (SSSR count). The van der Waals surface area contributed by atoms with E-state index in [1.807, 2.05) is 65.6 Å². The average molecular weight is 440 g/mol. The Morgan fingerprint density at radius 1 is 0.788 bits per heavy atom. The van der Waals surface area contributed by atoms with Crippen molar-refractivity contribution in [3.8, 4) is 0 Å². The molecular formula is C27H24N2O4. The van der Waals surface area contributed by atoms with Crippen LogP contribution in [0.25, 0.3) is 0 Å². The van der Waals surface area contributed by atoms with Crippen molar-refractivity contribution in [2.24, 2.45) is 11.8 Å². The minimum Gasteiger partial charge on any atom is -0.323 e. The molecule has 6 heteroatoms. The highest BCUT2D eigenvalue weighted by molar-refractivity contribution is 5.97. The Morgan fingerprint density at radius 2 is 1.27 bits per heavy atom. The number of ketones is 1. The number of hydrogen-bond donors (Lipinski definition) is 0. The molecule has 33 heavy (non-hydrogen) atoms. The molecule has 2 fully saturated rings. The Hall–Kier alpha value is -3.80. The molecule has 0 aromatic heterocycles. The van der Waals surface area contributed by atoms with E-state index in [2.05, 4.69) is 0 Å². The fraction of sp³-hybridized carbons (Fsp3) is 0.259. The largest absolute Gasteiger partial charge is 0.323 e. The van der Waals surface area contributed by atoms with Gasteiger partial charge in [0.2, 0.25) is 0 Å². The van der Waals surface area contributed by atoms with Gasteiger partial charge in [-0.3, -0.25) is 19.7 Å². The number of likely N-dealkylation sites (tertiary alicyclic amines) is 1. The van der Waals surface area contributed by atoms with Crippen molar-refractivity contribution >= 4 is 17.4 Å². The summed E-state index contributed by atoms with van der Waals surface area (Å²) in [6.45, 7) is 0. The van der Waals surface area contributed by atoms with Crippen LogP contribution in [-0.4, -0.2) is 21.5 Å². The van der Waals surface area contributed by atoms with Gasteiger partial charge in [0.25, 0.3) is 11.6 Å². The number of non-ortho nitro benzene ring substituents is 1. The van der Waals surface area contributed by atoms with Crippen molar-refractivity contribution in [2.75, 3.05) is 0 Å². The molecule has 1 saturated carbocycles. The molecule has 1 amide bonds. The molecule has 2 bridgehead atoms. The Kier molecular flexibility index (Phi) is 5.50. The number of carbonyl (C=O) groups is 2. The van der Waals surface area contributed by atoms with Crippen LogP contribution in [0.2, 0.25) is 0 Å². The van der Waals surface area contributed by atoms with Crippen LogP contribution >= 0.6 is 0 Å². The molecule has 3 aromatic carbocycles. The lowest BCUT2D eigenvalue weighted by Crippen LogP contribution is -2.54. The van der Waals surface area contributed by atoms with Gasteiger partial charge in [0.1, 0.15) is 5.78 Å². The third-order valence-corrected chi connectivity index (χ3v) is 6.96. The van der Waals surface area contributed by atoms with E-state index < -0.39 is 4.92 Å². The van der Waals surface area contributed by atoms with Gasteiger partial charge in [0.05, 0.1) is 17.0 Å². The molecule has 1 heterocycles. The van der Waals surface area contributed by atoms with E-state index in [9.17, 15) is 19.7 Å². The zero-order chi connectivity index (χ0) is 22.9. The monoisotopic (exact) mass is 440 g/mol. The first kappa shape index (κ1) is 21.1. The first-order valence-electron chi connectivity index (χ1n) is 11.3. The van der Waals surface area contributed by atoms with E-state index >= 15 is 0 Å². The number of rotatable bonds is 4. The minimum absolute atomic E-state index is 0.0588. The number of Topliss-reactive ketones (excluding diaryl/α,β-unsaturated/α-hetero) is 1. The fourth-order valence-electron chi connectivity index (χ4n) is 5.52. The number of piperidine rings is 1. The van der Waals surface area contributed by atoms with Crippen molar-refractivity contribution in [3.63, 3.8) is 0 Å². The lowest BCUT2D eigenvalue weighted by Gasteiger charge is -2.52. The Labute approximate surface area is 192 Å². The number of amides is 1. The van der Waals surface area contributed by atoms with E-state index in [0.29, 0.717) is 5.56 Å². The van der Waals surface area contributed by atoms with Gasteiger partial charge in [-0.15, -0.1) is 0 Å². The van der Waals surface area contributed by atoms with Gasteiger partial charge in [-0.25, -0.2) is 0 Å². The zero-order valence-electron chi connectivity index (χ0n) is 18.0. The van der Waals surface area contributed by atoms with Gasteiger partial charge in [0.15, 0.2) is 0 Å². The van der Waals surface area contributed by atoms with Gasteiger partial charge < -0.3 is 4.90 Å². The second-order valence-corrected chi connectivity index (χ2v) is 8.77. The first-order chi connectivity index (χ1) is 16.1. The molecule has 6 nitrogen and oxygen atoms in total. The standard InChI is InChI=1S/C27H24N2O4/c30-26-22-12-7-13-23(26)25(19-10-5-2-6-11-19)28(24(22)18-8-3-1-4-9-18)27(31)20-14-16-21(17-15-20)29(32)33/h1-6,8-11,14-17,22-25H,7,12-13H2. The van der Waals surface area contributed by atoms with E-state index in [-0.39, 0.29) is 41.3 Å². The summed E-state index contributed by atoms with van der Waals surface area (Å²) < 4.78 is 0. The van der Waals surface area contributed by atoms with Gasteiger partial charge in [0, 0.05) is 29.5 Å². The Morgan fingerprint density at radius 3 is 1.73 bits per heavy atom.